The number of carbonyl (C=O) groups excluding carboxylic acids is 1. The number of alkyl halides is 2. The fourth-order valence-electron chi connectivity index (χ4n) is 3.50. The fraction of sp³-hybridized carbons (Fsp3) is 0.733. The molecule has 1 aromatic heterocycles. The van der Waals surface area contributed by atoms with Crippen molar-refractivity contribution in [2.45, 2.75) is 43.8 Å². The third-order valence-electron chi connectivity index (χ3n) is 4.71. The lowest BCUT2D eigenvalue weighted by Gasteiger charge is -2.38. The molecule has 2 heterocycles. The number of aromatic nitrogens is 2. The molecule has 22 heavy (non-hydrogen) atoms. The van der Waals surface area contributed by atoms with Gasteiger partial charge in [0.25, 0.3) is 0 Å². The number of nitrogens with zero attached hydrogens (tertiary/aromatic N) is 3. The van der Waals surface area contributed by atoms with Crippen molar-refractivity contribution < 1.29 is 18.3 Å². The predicted molar refractivity (Wildman–Crippen MR) is 75.5 cm³/mol. The van der Waals surface area contributed by atoms with E-state index in [-0.39, 0.29) is 30.9 Å². The van der Waals surface area contributed by atoms with Crippen molar-refractivity contribution in [1.29, 1.82) is 0 Å². The Morgan fingerprint density at radius 1 is 1.50 bits per heavy atom. The molecule has 0 N–H and O–H groups in total. The van der Waals surface area contributed by atoms with Crippen molar-refractivity contribution in [3.8, 4) is 0 Å². The van der Waals surface area contributed by atoms with Crippen molar-refractivity contribution in [3.63, 3.8) is 0 Å². The van der Waals surface area contributed by atoms with Gasteiger partial charge in [-0.15, -0.1) is 0 Å². The Hall–Kier alpha value is -1.50. The molecule has 1 saturated carbocycles. The summed E-state index contributed by atoms with van der Waals surface area (Å²) in [6.45, 7) is 0.574. The summed E-state index contributed by atoms with van der Waals surface area (Å²) < 4.78 is 33.2. The van der Waals surface area contributed by atoms with Crippen molar-refractivity contribution >= 4 is 5.91 Å². The number of rotatable bonds is 4. The zero-order valence-electron chi connectivity index (χ0n) is 12.8. The molecule has 122 valence electrons. The van der Waals surface area contributed by atoms with E-state index in [9.17, 15) is 13.6 Å². The maximum Gasteiger partial charge on any atom is 0.249 e. The molecular formula is C15H21F2N3O2. The molecule has 2 atom stereocenters. The van der Waals surface area contributed by atoms with E-state index < -0.39 is 11.8 Å². The summed E-state index contributed by atoms with van der Waals surface area (Å²) in [5, 5.41) is 4.13. The number of hydrogen-bond donors (Lipinski definition) is 0. The molecule has 1 aromatic rings. The van der Waals surface area contributed by atoms with E-state index in [1.807, 2.05) is 13.2 Å². The molecule has 5 nitrogen and oxygen atoms in total. The van der Waals surface area contributed by atoms with Gasteiger partial charge in [0.05, 0.1) is 18.3 Å². The van der Waals surface area contributed by atoms with Gasteiger partial charge < -0.3 is 9.64 Å². The maximum atomic E-state index is 13.0. The van der Waals surface area contributed by atoms with Gasteiger partial charge in [0, 0.05) is 45.7 Å². The predicted octanol–water partition coefficient (Wildman–Crippen LogP) is 1.62. The molecule has 1 saturated heterocycles. The Morgan fingerprint density at radius 2 is 2.23 bits per heavy atom. The molecule has 0 unspecified atom stereocenters. The second-order valence-corrected chi connectivity index (χ2v) is 6.35. The number of amides is 1. The number of halogens is 2. The molecular weight excluding hydrogens is 292 g/mol. The van der Waals surface area contributed by atoms with Crippen LogP contribution in [0.4, 0.5) is 8.78 Å². The molecule has 0 aromatic carbocycles. The summed E-state index contributed by atoms with van der Waals surface area (Å²) in [6, 6.07) is -0.101. The van der Waals surface area contributed by atoms with E-state index in [2.05, 4.69) is 5.10 Å². The summed E-state index contributed by atoms with van der Waals surface area (Å²) in [7, 11) is 3.47. The highest BCUT2D eigenvalue weighted by Crippen LogP contribution is 2.44. The van der Waals surface area contributed by atoms with Gasteiger partial charge in [0.15, 0.2) is 0 Å². The molecule has 3 rings (SSSR count). The first-order chi connectivity index (χ1) is 10.4. The van der Waals surface area contributed by atoms with Crippen LogP contribution in [0.1, 0.15) is 24.8 Å². The fourth-order valence-corrected chi connectivity index (χ4v) is 3.50. The molecule has 1 aliphatic carbocycles. The molecule has 0 spiro atoms. The highest BCUT2D eigenvalue weighted by atomic mass is 19.3. The Morgan fingerprint density at radius 3 is 2.77 bits per heavy atom. The SMILES string of the molecule is CO[C@@H]1CCN(C(=O)C2CC(F)(F)C2)[C@H]1Cc1cnn(C)c1. The molecule has 7 heteroatoms. The number of ether oxygens (including phenoxy) is 1. The number of hydrogen-bond acceptors (Lipinski definition) is 3. The van der Waals surface area contributed by atoms with Crippen molar-refractivity contribution in [1.82, 2.24) is 14.7 Å². The van der Waals surface area contributed by atoms with E-state index in [1.165, 1.54) is 0 Å². The Labute approximate surface area is 128 Å². The zero-order chi connectivity index (χ0) is 15.9. The smallest absolute Gasteiger partial charge is 0.249 e. The van der Waals surface area contributed by atoms with E-state index in [0.29, 0.717) is 13.0 Å². The van der Waals surface area contributed by atoms with Crippen LogP contribution < -0.4 is 0 Å². The Bertz CT molecular complexity index is 553. The lowest BCUT2D eigenvalue weighted by molar-refractivity contribution is -0.161. The molecule has 1 aliphatic heterocycles. The lowest BCUT2D eigenvalue weighted by atomic mass is 9.80. The van der Waals surface area contributed by atoms with Crippen LogP contribution in [0.15, 0.2) is 12.4 Å². The standard InChI is InChI=1S/C15H21F2N3O2/c1-19-9-10(8-18-19)5-12-13(22-2)3-4-20(12)14(21)11-6-15(16,17)7-11/h8-9,11-13H,3-7H2,1-2H3/t12-,13+/m0/s1. The van der Waals surface area contributed by atoms with Crippen molar-refractivity contribution in [3.05, 3.63) is 18.0 Å². The number of carbonyl (C=O) groups is 1. The van der Waals surface area contributed by atoms with Crippen LogP contribution in [-0.4, -0.2) is 52.3 Å². The first kappa shape index (κ1) is 15.4. The second-order valence-electron chi connectivity index (χ2n) is 6.35. The zero-order valence-corrected chi connectivity index (χ0v) is 12.8. The third kappa shape index (κ3) is 2.86. The molecule has 1 amide bonds. The second kappa shape index (κ2) is 5.61. The molecule has 0 radical (unpaired) electrons. The third-order valence-corrected chi connectivity index (χ3v) is 4.71. The van der Waals surface area contributed by atoms with Gasteiger partial charge in [-0.3, -0.25) is 9.48 Å². The van der Waals surface area contributed by atoms with Crippen LogP contribution in [0.3, 0.4) is 0 Å². The monoisotopic (exact) mass is 313 g/mol. The van der Waals surface area contributed by atoms with Crippen molar-refractivity contribution in [2.24, 2.45) is 13.0 Å². The molecule has 0 bridgehead atoms. The summed E-state index contributed by atoms with van der Waals surface area (Å²) in [5.41, 5.74) is 1.02. The highest BCUT2D eigenvalue weighted by molar-refractivity contribution is 5.80. The Kier molecular flexibility index (Phi) is 3.92. The summed E-state index contributed by atoms with van der Waals surface area (Å²) >= 11 is 0. The van der Waals surface area contributed by atoms with Gasteiger partial charge in [-0.25, -0.2) is 8.78 Å². The number of methoxy groups -OCH3 is 1. The van der Waals surface area contributed by atoms with Crippen LogP contribution in [0.5, 0.6) is 0 Å². The number of aryl methyl sites for hydroxylation is 1. The Balaban J connectivity index is 1.70. The van der Waals surface area contributed by atoms with Gasteiger partial charge in [-0.05, 0) is 18.4 Å². The maximum absolute atomic E-state index is 13.0. The quantitative estimate of drug-likeness (QED) is 0.849. The van der Waals surface area contributed by atoms with Crippen LogP contribution >= 0.6 is 0 Å². The van der Waals surface area contributed by atoms with E-state index in [1.54, 1.807) is 22.9 Å². The van der Waals surface area contributed by atoms with Crippen LogP contribution in [0.2, 0.25) is 0 Å². The van der Waals surface area contributed by atoms with Gasteiger partial charge in [0.2, 0.25) is 11.8 Å². The van der Waals surface area contributed by atoms with E-state index >= 15 is 0 Å². The average Bonchev–Trinajstić information content (AvgIpc) is 3.02. The average molecular weight is 313 g/mol. The highest BCUT2D eigenvalue weighted by Gasteiger charge is 2.51. The number of likely N-dealkylation sites (tertiary alicyclic amines) is 1. The minimum atomic E-state index is -2.67. The van der Waals surface area contributed by atoms with Crippen LogP contribution in [-0.2, 0) is 23.0 Å². The first-order valence-corrected chi connectivity index (χ1v) is 7.58. The summed E-state index contributed by atoms with van der Waals surface area (Å²) in [4.78, 5) is 14.2. The van der Waals surface area contributed by atoms with Crippen molar-refractivity contribution in [2.75, 3.05) is 13.7 Å². The van der Waals surface area contributed by atoms with Gasteiger partial charge >= 0.3 is 0 Å². The molecule has 2 aliphatic rings. The normalized spacial score (nSPS) is 27.9. The largest absolute Gasteiger partial charge is 0.379 e. The van der Waals surface area contributed by atoms with Gasteiger partial charge in [-0.2, -0.15) is 5.10 Å². The van der Waals surface area contributed by atoms with Gasteiger partial charge in [-0.1, -0.05) is 0 Å². The molecule has 2 fully saturated rings. The van der Waals surface area contributed by atoms with E-state index in [0.717, 1.165) is 12.0 Å². The van der Waals surface area contributed by atoms with Crippen LogP contribution in [0, 0.1) is 5.92 Å². The lowest BCUT2D eigenvalue weighted by Crippen LogP contribution is -2.50. The van der Waals surface area contributed by atoms with E-state index in [4.69, 9.17) is 4.74 Å². The minimum Gasteiger partial charge on any atom is -0.379 e. The topological polar surface area (TPSA) is 47.4 Å². The minimum absolute atomic E-state index is 0.0512. The van der Waals surface area contributed by atoms with Gasteiger partial charge in [0.1, 0.15) is 0 Å². The van der Waals surface area contributed by atoms with Crippen LogP contribution in [0.25, 0.3) is 0 Å². The summed E-state index contributed by atoms with van der Waals surface area (Å²) in [6.07, 6.45) is 4.37. The first-order valence-electron chi connectivity index (χ1n) is 7.58. The summed E-state index contributed by atoms with van der Waals surface area (Å²) in [5.74, 6) is -3.36.